The third-order valence-corrected chi connectivity index (χ3v) is 6.19. The Labute approximate surface area is 185 Å². The number of halogens is 1. The predicted octanol–water partition coefficient (Wildman–Crippen LogP) is 3.55. The van der Waals surface area contributed by atoms with E-state index in [1.165, 1.54) is 19.4 Å². The summed E-state index contributed by atoms with van der Waals surface area (Å²) in [6.45, 7) is 3.48. The summed E-state index contributed by atoms with van der Waals surface area (Å²) in [6, 6.07) is 11.7. The van der Waals surface area contributed by atoms with Crippen molar-refractivity contribution in [2.75, 3.05) is 30.0 Å². The van der Waals surface area contributed by atoms with Crippen LogP contribution in [0, 0.1) is 5.82 Å². The van der Waals surface area contributed by atoms with E-state index in [4.69, 9.17) is 15.5 Å². The topological polar surface area (TPSA) is 84.6 Å². The molecule has 32 heavy (non-hydrogen) atoms. The highest BCUT2D eigenvalue weighted by Crippen LogP contribution is 2.44. The van der Waals surface area contributed by atoms with E-state index in [-0.39, 0.29) is 23.6 Å². The molecule has 8 heteroatoms. The van der Waals surface area contributed by atoms with E-state index in [1.807, 2.05) is 25.1 Å². The van der Waals surface area contributed by atoms with Crippen LogP contribution in [0.3, 0.4) is 0 Å². The monoisotopic (exact) mass is 433 g/mol. The van der Waals surface area contributed by atoms with Crippen LogP contribution < -0.4 is 20.3 Å². The van der Waals surface area contributed by atoms with E-state index >= 15 is 0 Å². The minimum absolute atomic E-state index is 0.126. The smallest absolute Gasteiger partial charge is 0.260 e. The van der Waals surface area contributed by atoms with Crippen molar-refractivity contribution in [2.24, 2.45) is 5.73 Å². The standard InChI is InChI=1S/C24H24FN5O2/c1-14-21-16(9-11-27-23(21)22-17(25)5-3-6-18(22)32-2)24(31)30(14)20-8-4-7-19(28-20)29-12-10-15(26)13-29/h3-9,11,14-15H,10,12-13,26H2,1-2H3. The second-order valence-corrected chi connectivity index (χ2v) is 8.14. The summed E-state index contributed by atoms with van der Waals surface area (Å²) in [5, 5.41) is 0. The molecule has 3 aromatic rings. The third kappa shape index (κ3) is 3.18. The normalized spacial score (nSPS) is 20.1. The molecule has 164 valence electrons. The molecule has 2 N–H and O–H groups in total. The number of amides is 1. The van der Waals surface area contributed by atoms with Gasteiger partial charge in [-0.05, 0) is 43.7 Å². The van der Waals surface area contributed by atoms with Gasteiger partial charge in [0.2, 0.25) is 0 Å². The first-order valence-corrected chi connectivity index (χ1v) is 10.6. The lowest BCUT2D eigenvalue weighted by atomic mass is 9.98. The fourth-order valence-electron chi connectivity index (χ4n) is 4.64. The summed E-state index contributed by atoms with van der Waals surface area (Å²) in [5.41, 5.74) is 7.86. The van der Waals surface area contributed by atoms with Gasteiger partial charge >= 0.3 is 0 Å². The zero-order valence-electron chi connectivity index (χ0n) is 18.0. The van der Waals surface area contributed by atoms with Crippen molar-refractivity contribution in [3.63, 3.8) is 0 Å². The van der Waals surface area contributed by atoms with Crippen molar-refractivity contribution in [2.45, 2.75) is 25.4 Å². The number of nitrogens with zero attached hydrogens (tertiary/aromatic N) is 4. The second kappa shape index (κ2) is 7.87. The SMILES string of the molecule is COc1cccc(F)c1-c1nccc2c1C(C)N(c1cccc(N3CCC(N)C3)n1)C2=O. The Bertz CT molecular complexity index is 1200. The third-order valence-electron chi connectivity index (χ3n) is 6.19. The Morgan fingerprint density at radius 1 is 1.16 bits per heavy atom. The molecule has 0 bridgehead atoms. The zero-order chi connectivity index (χ0) is 22.4. The van der Waals surface area contributed by atoms with Crippen LogP contribution >= 0.6 is 0 Å². The van der Waals surface area contributed by atoms with Crippen molar-refractivity contribution in [3.8, 4) is 17.0 Å². The second-order valence-electron chi connectivity index (χ2n) is 8.14. The molecule has 2 aromatic heterocycles. The molecular weight excluding hydrogens is 409 g/mol. The molecule has 2 aliphatic heterocycles. The molecule has 1 amide bonds. The van der Waals surface area contributed by atoms with Crippen LogP contribution in [0.15, 0.2) is 48.7 Å². The van der Waals surface area contributed by atoms with Gasteiger partial charge in [-0.2, -0.15) is 0 Å². The molecule has 5 rings (SSSR count). The number of ether oxygens (including phenoxy) is 1. The van der Waals surface area contributed by atoms with E-state index < -0.39 is 5.82 Å². The number of pyridine rings is 2. The van der Waals surface area contributed by atoms with Gasteiger partial charge in [0.25, 0.3) is 5.91 Å². The number of hydrogen-bond acceptors (Lipinski definition) is 6. The van der Waals surface area contributed by atoms with Gasteiger partial charge in [0.05, 0.1) is 24.4 Å². The van der Waals surface area contributed by atoms with Crippen LogP contribution in [0.2, 0.25) is 0 Å². The number of fused-ring (bicyclic) bond motifs is 1. The highest BCUT2D eigenvalue weighted by atomic mass is 19.1. The maximum absolute atomic E-state index is 14.8. The number of rotatable bonds is 4. The van der Waals surface area contributed by atoms with Crippen LogP contribution in [0.1, 0.15) is 35.3 Å². The van der Waals surface area contributed by atoms with Crippen LogP contribution in [-0.4, -0.2) is 42.1 Å². The zero-order valence-corrected chi connectivity index (χ0v) is 18.0. The average Bonchev–Trinajstić information content (AvgIpc) is 3.35. The molecule has 2 aliphatic rings. The minimum Gasteiger partial charge on any atom is -0.496 e. The number of hydrogen-bond donors (Lipinski definition) is 1. The van der Waals surface area contributed by atoms with Gasteiger partial charge in [-0.1, -0.05) is 12.1 Å². The van der Waals surface area contributed by atoms with E-state index in [0.29, 0.717) is 28.4 Å². The Hall–Kier alpha value is -3.52. The maximum atomic E-state index is 14.8. The number of carbonyl (C=O) groups excluding carboxylic acids is 1. The highest BCUT2D eigenvalue weighted by molar-refractivity contribution is 6.11. The average molecular weight is 433 g/mol. The molecule has 1 saturated heterocycles. The van der Waals surface area contributed by atoms with Crippen molar-refractivity contribution < 1.29 is 13.9 Å². The molecule has 0 spiro atoms. The summed E-state index contributed by atoms with van der Waals surface area (Å²) in [7, 11) is 1.49. The highest BCUT2D eigenvalue weighted by Gasteiger charge is 2.39. The summed E-state index contributed by atoms with van der Waals surface area (Å²) in [6.07, 6.45) is 2.44. The fourth-order valence-corrected chi connectivity index (χ4v) is 4.64. The molecule has 1 fully saturated rings. The lowest BCUT2D eigenvalue weighted by Crippen LogP contribution is -2.29. The molecule has 2 unspecified atom stereocenters. The van der Waals surface area contributed by atoms with Gasteiger partial charge < -0.3 is 15.4 Å². The maximum Gasteiger partial charge on any atom is 0.260 e. The minimum atomic E-state index is -0.450. The quantitative estimate of drug-likeness (QED) is 0.677. The number of aromatic nitrogens is 2. The molecule has 0 saturated carbocycles. The van der Waals surface area contributed by atoms with E-state index in [1.54, 1.807) is 23.1 Å². The summed E-state index contributed by atoms with van der Waals surface area (Å²) >= 11 is 0. The Kier molecular flexibility index (Phi) is 5.01. The largest absolute Gasteiger partial charge is 0.496 e. The summed E-state index contributed by atoms with van der Waals surface area (Å²) in [5.74, 6) is 1.07. The number of nitrogens with two attached hydrogens (primary N) is 1. The van der Waals surface area contributed by atoms with Crippen molar-refractivity contribution in [3.05, 3.63) is 65.6 Å². The predicted molar refractivity (Wildman–Crippen MR) is 120 cm³/mol. The van der Waals surface area contributed by atoms with Gasteiger partial charge in [0.15, 0.2) is 0 Å². The summed E-state index contributed by atoms with van der Waals surface area (Å²) < 4.78 is 20.2. The Morgan fingerprint density at radius 2 is 1.94 bits per heavy atom. The molecular formula is C24H24FN5O2. The van der Waals surface area contributed by atoms with Gasteiger partial charge in [0, 0.05) is 36.5 Å². The number of benzene rings is 1. The molecule has 4 heterocycles. The van der Waals surface area contributed by atoms with Crippen LogP contribution in [-0.2, 0) is 0 Å². The van der Waals surface area contributed by atoms with E-state index in [9.17, 15) is 9.18 Å². The molecule has 0 radical (unpaired) electrons. The lowest BCUT2D eigenvalue weighted by molar-refractivity contribution is 0.0991. The molecule has 2 atom stereocenters. The van der Waals surface area contributed by atoms with Gasteiger partial charge in [0.1, 0.15) is 23.2 Å². The van der Waals surface area contributed by atoms with Gasteiger partial charge in [-0.3, -0.25) is 14.7 Å². The molecule has 7 nitrogen and oxygen atoms in total. The van der Waals surface area contributed by atoms with Crippen LogP contribution in [0.25, 0.3) is 11.3 Å². The lowest BCUT2D eigenvalue weighted by Gasteiger charge is -2.24. The molecule has 1 aromatic carbocycles. The van der Waals surface area contributed by atoms with Crippen molar-refractivity contribution in [1.29, 1.82) is 0 Å². The number of methoxy groups -OCH3 is 1. The number of carbonyl (C=O) groups is 1. The van der Waals surface area contributed by atoms with Crippen LogP contribution in [0.5, 0.6) is 5.75 Å². The first-order chi connectivity index (χ1) is 15.5. The van der Waals surface area contributed by atoms with E-state index in [0.717, 1.165) is 25.3 Å². The fraction of sp³-hybridized carbons (Fsp3) is 0.292. The first kappa shape index (κ1) is 20.4. The van der Waals surface area contributed by atoms with Gasteiger partial charge in [-0.25, -0.2) is 9.37 Å². The molecule has 0 aliphatic carbocycles. The van der Waals surface area contributed by atoms with Gasteiger partial charge in [-0.15, -0.1) is 0 Å². The number of anilines is 2. The van der Waals surface area contributed by atoms with Crippen molar-refractivity contribution >= 4 is 17.5 Å². The van der Waals surface area contributed by atoms with Crippen molar-refractivity contribution in [1.82, 2.24) is 9.97 Å². The first-order valence-electron chi connectivity index (χ1n) is 10.6. The van der Waals surface area contributed by atoms with E-state index in [2.05, 4.69) is 9.88 Å². The van der Waals surface area contributed by atoms with Crippen LogP contribution in [0.4, 0.5) is 16.0 Å². The Balaban J connectivity index is 1.58. The Morgan fingerprint density at radius 3 is 2.69 bits per heavy atom. The summed E-state index contributed by atoms with van der Waals surface area (Å²) in [4.78, 5) is 26.4.